The summed E-state index contributed by atoms with van der Waals surface area (Å²) < 4.78 is 20.0. The molecule has 0 aliphatic heterocycles. The van der Waals surface area contributed by atoms with Gasteiger partial charge < -0.3 is 19.9 Å². The van der Waals surface area contributed by atoms with Crippen molar-refractivity contribution in [1.29, 1.82) is 0 Å². The van der Waals surface area contributed by atoms with Crippen molar-refractivity contribution < 1.29 is 18.7 Å². The molecular weight excluding hydrogens is 169 g/mol. The summed E-state index contributed by atoms with van der Waals surface area (Å²) in [6.45, 7) is 0.877. The van der Waals surface area contributed by atoms with E-state index in [-0.39, 0.29) is 19.8 Å². The second-order valence-corrected chi connectivity index (χ2v) is 2.89. The monoisotopic (exact) mass is 183 g/mol. The summed E-state index contributed by atoms with van der Waals surface area (Å²) in [7, 11) is -2.37. The fraction of sp³-hybridized carbons (Fsp3) is 1.00. The van der Waals surface area contributed by atoms with Gasteiger partial charge in [0.1, 0.15) is 0 Å². The molecule has 0 bridgehead atoms. The van der Waals surface area contributed by atoms with Crippen LogP contribution in [-0.4, -0.2) is 31.5 Å². The molecule has 3 N–H and O–H groups in total. The third-order valence-electron chi connectivity index (χ3n) is 0.860. The molecule has 68 valence electrons. The predicted molar refractivity (Wildman–Crippen MR) is 41.7 cm³/mol. The van der Waals surface area contributed by atoms with E-state index in [1.165, 1.54) is 0 Å². The van der Waals surface area contributed by atoms with Crippen molar-refractivity contribution in [2.75, 3.05) is 26.4 Å². The molecule has 0 aromatic heterocycles. The minimum absolute atomic E-state index is 0.0338. The fourth-order valence-corrected chi connectivity index (χ4v) is 1.08. The Balaban J connectivity index is 3.09. The smallest absolute Gasteiger partial charge is 0.319 e. The van der Waals surface area contributed by atoms with E-state index in [0.29, 0.717) is 13.0 Å². The number of nitrogens with two attached hydrogens (primary N) is 1. The lowest BCUT2D eigenvalue weighted by Gasteiger charge is -2.02. The molecule has 1 atom stereocenters. The molecule has 0 radical (unpaired) electrons. The number of hydrogen-bond donors (Lipinski definition) is 2. The van der Waals surface area contributed by atoms with Crippen LogP contribution in [-0.2, 0) is 13.6 Å². The van der Waals surface area contributed by atoms with E-state index in [1.807, 2.05) is 0 Å². The van der Waals surface area contributed by atoms with Gasteiger partial charge in [0.25, 0.3) is 0 Å². The van der Waals surface area contributed by atoms with Gasteiger partial charge in [-0.15, -0.1) is 0 Å². The first kappa shape index (κ1) is 11.1. The molecule has 11 heavy (non-hydrogen) atoms. The average Bonchev–Trinajstić information content (AvgIpc) is 2.01. The van der Waals surface area contributed by atoms with Crippen molar-refractivity contribution >= 4 is 8.25 Å². The Hall–Kier alpha value is 0.0700. The van der Waals surface area contributed by atoms with Crippen LogP contribution < -0.4 is 5.73 Å². The van der Waals surface area contributed by atoms with Gasteiger partial charge in [-0.2, -0.15) is 0 Å². The summed E-state index contributed by atoms with van der Waals surface area (Å²) >= 11 is 0. The van der Waals surface area contributed by atoms with Crippen LogP contribution >= 0.6 is 8.25 Å². The maximum Gasteiger partial charge on any atom is 0.319 e. The zero-order valence-corrected chi connectivity index (χ0v) is 7.28. The van der Waals surface area contributed by atoms with Gasteiger partial charge in [-0.05, 0) is 6.42 Å². The van der Waals surface area contributed by atoms with Gasteiger partial charge in [-0.25, -0.2) is 0 Å². The first-order chi connectivity index (χ1) is 5.31. The third-order valence-corrected chi connectivity index (χ3v) is 1.74. The van der Waals surface area contributed by atoms with Gasteiger partial charge in [0.15, 0.2) is 0 Å². The lowest BCUT2D eigenvalue weighted by Crippen LogP contribution is -2.05. The number of hydrogen-bond acceptors (Lipinski definition) is 5. The molecule has 0 heterocycles. The maximum atomic E-state index is 10.7. The summed E-state index contributed by atoms with van der Waals surface area (Å²) in [5.41, 5.74) is 5.09. The van der Waals surface area contributed by atoms with Gasteiger partial charge in [-0.3, -0.25) is 4.57 Å². The molecule has 0 aromatic carbocycles. The van der Waals surface area contributed by atoms with Crippen molar-refractivity contribution in [3.63, 3.8) is 0 Å². The molecule has 1 unspecified atom stereocenters. The van der Waals surface area contributed by atoms with Crippen LogP contribution in [0.4, 0.5) is 0 Å². The van der Waals surface area contributed by atoms with Crippen LogP contribution in [0, 0.1) is 0 Å². The van der Waals surface area contributed by atoms with Gasteiger partial charge in [0.2, 0.25) is 0 Å². The molecule has 0 aromatic rings. The fourth-order valence-electron chi connectivity index (χ4n) is 0.404. The predicted octanol–water partition coefficient (Wildman–Crippen LogP) is -0.250. The molecule has 0 rings (SSSR count). The Morgan fingerprint density at radius 2 is 2.00 bits per heavy atom. The Labute approximate surface area is 66.4 Å². The number of aliphatic hydroxyl groups excluding tert-OH is 1. The average molecular weight is 183 g/mol. The number of rotatable bonds is 7. The topological polar surface area (TPSA) is 81.8 Å². The van der Waals surface area contributed by atoms with E-state index in [0.717, 1.165) is 0 Å². The Kier molecular flexibility index (Phi) is 8.22. The standard InChI is InChI=1S/C5H14NO4P/c6-2-5-10-11(8)9-4-1-3-7/h7,11H,1-6H2. The largest absolute Gasteiger partial charge is 0.396 e. The van der Waals surface area contributed by atoms with Gasteiger partial charge >= 0.3 is 8.25 Å². The second-order valence-electron chi connectivity index (χ2n) is 1.81. The van der Waals surface area contributed by atoms with Crippen molar-refractivity contribution in [3.8, 4) is 0 Å². The normalized spacial score (nSPS) is 13.3. The highest BCUT2D eigenvalue weighted by Crippen LogP contribution is 2.22. The second kappa shape index (κ2) is 8.17. The van der Waals surface area contributed by atoms with E-state index >= 15 is 0 Å². The van der Waals surface area contributed by atoms with Crippen molar-refractivity contribution in [2.24, 2.45) is 5.73 Å². The zero-order valence-electron chi connectivity index (χ0n) is 6.28. The van der Waals surface area contributed by atoms with Crippen LogP contribution in [0.3, 0.4) is 0 Å². The highest BCUT2D eigenvalue weighted by Gasteiger charge is 1.96. The Bertz CT molecular complexity index is 111. The summed E-state index contributed by atoms with van der Waals surface area (Å²) in [4.78, 5) is 0. The first-order valence-corrected chi connectivity index (χ1v) is 4.64. The van der Waals surface area contributed by atoms with Gasteiger partial charge in [0, 0.05) is 13.2 Å². The third kappa shape index (κ3) is 7.97. The minimum Gasteiger partial charge on any atom is -0.396 e. The van der Waals surface area contributed by atoms with E-state index < -0.39 is 8.25 Å². The lowest BCUT2D eigenvalue weighted by molar-refractivity contribution is 0.202. The van der Waals surface area contributed by atoms with Crippen LogP contribution in [0.15, 0.2) is 0 Å². The zero-order chi connectivity index (χ0) is 8.53. The van der Waals surface area contributed by atoms with Crippen molar-refractivity contribution in [3.05, 3.63) is 0 Å². The molecule has 0 saturated carbocycles. The van der Waals surface area contributed by atoms with Gasteiger partial charge in [0.05, 0.1) is 13.2 Å². The van der Waals surface area contributed by atoms with Gasteiger partial charge in [-0.1, -0.05) is 0 Å². The van der Waals surface area contributed by atoms with Crippen LogP contribution in [0.5, 0.6) is 0 Å². The maximum absolute atomic E-state index is 10.7. The molecule has 0 spiro atoms. The van der Waals surface area contributed by atoms with E-state index in [2.05, 4.69) is 4.52 Å². The van der Waals surface area contributed by atoms with Crippen LogP contribution in [0.1, 0.15) is 6.42 Å². The lowest BCUT2D eigenvalue weighted by atomic mass is 10.5. The molecule has 6 heteroatoms. The quantitative estimate of drug-likeness (QED) is 0.420. The van der Waals surface area contributed by atoms with Crippen LogP contribution in [0.2, 0.25) is 0 Å². The summed E-state index contributed by atoms with van der Waals surface area (Å²) in [6.07, 6.45) is 0.475. The molecule has 5 nitrogen and oxygen atoms in total. The highest BCUT2D eigenvalue weighted by atomic mass is 31.1. The molecule has 0 aliphatic rings. The molecular formula is C5H14NO4P. The molecule has 0 saturated heterocycles. The summed E-state index contributed by atoms with van der Waals surface area (Å²) in [5, 5.41) is 8.32. The molecule has 0 aliphatic carbocycles. The minimum atomic E-state index is -2.37. The Morgan fingerprint density at radius 3 is 2.55 bits per heavy atom. The first-order valence-electron chi connectivity index (χ1n) is 3.41. The Morgan fingerprint density at radius 1 is 1.36 bits per heavy atom. The van der Waals surface area contributed by atoms with E-state index in [9.17, 15) is 4.57 Å². The van der Waals surface area contributed by atoms with Crippen molar-refractivity contribution in [1.82, 2.24) is 0 Å². The number of aliphatic hydroxyl groups is 1. The SMILES string of the molecule is NCCO[PH](=O)OCCCO. The van der Waals surface area contributed by atoms with E-state index in [4.69, 9.17) is 15.4 Å². The van der Waals surface area contributed by atoms with Crippen LogP contribution in [0.25, 0.3) is 0 Å². The summed E-state index contributed by atoms with van der Waals surface area (Å²) in [5.74, 6) is 0. The molecule has 0 amide bonds. The van der Waals surface area contributed by atoms with E-state index in [1.54, 1.807) is 0 Å². The highest BCUT2D eigenvalue weighted by molar-refractivity contribution is 7.33. The van der Waals surface area contributed by atoms with Crippen molar-refractivity contribution in [2.45, 2.75) is 6.42 Å². The molecule has 0 fully saturated rings. The summed E-state index contributed by atoms with van der Waals surface area (Å²) in [6, 6.07) is 0.